The fraction of sp³-hybridized carbons (Fsp3) is 0.375. The molecule has 2 heterocycles. The number of benzene rings is 1. The molecule has 0 radical (unpaired) electrons. The molecule has 6 nitrogen and oxygen atoms in total. The van der Waals surface area contributed by atoms with Crippen molar-refractivity contribution in [3.05, 3.63) is 42.2 Å². The Morgan fingerprint density at radius 1 is 1.31 bits per heavy atom. The van der Waals surface area contributed by atoms with E-state index in [1.165, 1.54) is 12.1 Å². The van der Waals surface area contributed by atoms with Gasteiger partial charge in [-0.25, -0.2) is 0 Å². The van der Waals surface area contributed by atoms with Crippen LogP contribution in [0.1, 0.15) is 11.5 Å². The Hall–Kier alpha value is -2.26. The van der Waals surface area contributed by atoms with Gasteiger partial charge >= 0.3 is 6.36 Å². The van der Waals surface area contributed by atoms with Crippen LogP contribution in [-0.4, -0.2) is 35.1 Å². The number of halogens is 4. The molecule has 1 saturated heterocycles. The molecule has 2 aromatic rings. The van der Waals surface area contributed by atoms with Crippen molar-refractivity contribution in [1.29, 1.82) is 0 Å². The third-order valence-corrected chi connectivity index (χ3v) is 4.06. The Bertz CT molecular complexity index is 749. The van der Waals surface area contributed by atoms with Gasteiger partial charge in [-0.15, -0.1) is 25.6 Å². The zero-order valence-electron chi connectivity index (χ0n) is 13.8. The van der Waals surface area contributed by atoms with Crippen LogP contribution >= 0.6 is 12.4 Å². The molecule has 142 valence electrons. The first-order valence-corrected chi connectivity index (χ1v) is 7.68. The number of aryl methyl sites for hydroxylation is 1. The van der Waals surface area contributed by atoms with Crippen LogP contribution in [0.15, 0.2) is 36.7 Å². The largest absolute Gasteiger partial charge is 0.573 e. The molecule has 0 spiro atoms. The highest BCUT2D eigenvalue weighted by Crippen LogP contribution is 2.29. The summed E-state index contributed by atoms with van der Waals surface area (Å²) >= 11 is 0. The molecule has 1 amide bonds. The summed E-state index contributed by atoms with van der Waals surface area (Å²) in [6.07, 6.45) is -1.13. The van der Waals surface area contributed by atoms with Gasteiger partial charge in [0.2, 0.25) is 5.91 Å². The van der Waals surface area contributed by atoms with Gasteiger partial charge in [0, 0.05) is 37.9 Å². The Morgan fingerprint density at radius 2 is 2.00 bits per heavy atom. The molecular formula is C16H18ClF3N4O2. The summed E-state index contributed by atoms with van der Waals surface area (Å²) in [5.74, 6) is -0.804. The average Bonchev–Trinajstić information content (AvgIpc) is 3.16. The second kappa shape index (κ2) is 7.96. The first-order valence-electron chi connectivity index (χ1n) is 7.68. The second-order valence-corrected chi connectivity index (χ2v) is 5.88. The SMILES string of the molecule is Cl.Cn1cc([C@H]2CNC[C@@H]2C(=O)Nc2ccc(OC(F)(F)F)cc2)cn1. The molecule has 2 N–H and O–H groups in total. The topological polar surface area (TPSA) is 68.2 Å². The number of amides is 1. The lowest BCUT2D eigenvalue weighted by Crippen LogP contribution is -2.28. The minimum absolute atomic E-state index is 0. The van der Waals surface area contributed by atoms with Crippen LogP contribution in [0.2, 0.25) is 0 Å². The number of anilines is 1. The number of nitrogens with zero attached hydrogens (tertiary/aromatic N) is 2. The highest BCUT2D eigenvalue weighted by atomic mass is 35.5. The fourth-order valence-electron chi connectivity index (χ4n) is 2.91. The van der Waals surface area contributed by atoms with Crippen LogP contribution in [0.5, 0.6) is 5.75 Å². The van der Waals surface area contributed by atoms with Crippen LogP contribution in [0, 0.1) is 5.92 Å². The van der Waals surface area contributed by atoms with E-state index >= 15 is 0 Å². The molecule has 1 aliphatic heterocycles. The van der Waals surface area contributed by atoms with Crippen LogP contribution < -0.4 is 15.4 Å². The van der Waals surface area contributed by atoms with E-state index in [-0.39, 0.29) is 35.9 Å². The normalized spacial score (nSPS) is 19.7. The summed E-state index contributed by atoms with van der Waals surface area (Å²) in [6, 6.07) is 5.07. The van der Waals surface area contributed by atoms with Crippen LogP contribution in [0.25, 0.3) is 0 Å². The third-order valence-electron chi connectivity index (χ3n) is 4.06. The number of nitrogens with one attached hydrogen (secondary N) is 2. The summed E-state index contributed by atoms with van der Waals surface area (Å²) < 4.78 is 42.0. The molecule has 1 fully saturated rings. The summed E-state index contributed by atoms with van der Waals surface area (Å²) in [7, 11) is 1.81. The van der Waals surface area contributed by atoms with E-state index in [4.69, 9.17) is 0 Å². The van der Waals surface area contributed by atoms with Gasteiger partial charge < -0.3 is 15.4 Å². The number of carbonyl (C=O) groups is 1. The number of hydrogen-bond donors (Lipinski definition) is 2. The maximum atomic E-state index is 12.5. The Kier molecular flexibility index (Phi) is 6.14. The van der Waals surface area contributed by atoms with E-state index in [1.54, 1.807) is 10.9 Å². The lowest BCUT2D eigenvalue weighted by Gasteiger charge is -2.17. The van der Waals surface area contributed by atoms with E-state index in [2.05, 4.69) is 20.5 Å². The van der Waals surface area contributed by atoms with Crippen molar-refractivity contribution in [1.82, 2.24) is 15.1 Å². The molecular weight excluding hydrogens is 373 g/mol. The molecule has 3 rings (SSSR count). The van der Waals surface area contributed by atoms with Gasteiger partial charge in [0.1, 0.15) is 5.75 Å². The van der Waals surface area contributed by atoms with Crippen LogP contribution in [0.3, 0.4) is 0 Å². The lowest BCUT2D eigenvalue weighted by atomic mass is 9.90. The quantitative estimate of drug-likeness (QED) is 0.842. The van der Waals surface area contributed by atoms with E-state index in [9.17, 15) is 18.0 Å². The van der Waals surface area contributed by atoms with Gasteiger partial charge in [0.05, 0.1) is 12.1 Å². The second-order valence-electron chi connectivity index (χ2n) is 5.88. The van der Waals surface area contributed by atoms with Gasteiger partial charge in [-0.3, -0.25) is 9.48 Å². The summed E-state index contributed by atoms with van der Waals surface area (Å²) in [6.45, 7) is 1.20. The number of carbonyl (C=O) groups excluding carboxylic acids is 1. The smallest absolute Gasteiger partial charge is 0.406 e. The van der Waals surface area contributed by atoms with Crippen molar-refractivity contribution in [3.8, 4) is 5.75 Å². The van der Waals surface area contributed by atoms with Gasteiger partial charge in [-0.1, -0.05) is 0 Å². The van der Waals surface area contributed by atoms with Crippen molar-refractivity contribution < 1.29 is 22.7 Å². The molecule has 0 unspecified atom stereocenters. The Labute approximate surface area is 154 Å². The molecule has 0 bridgehead atoms. The average molecular weight is 391 g/mol. The maximum Gasteiger partial charge on any atom is 0.573 e. The first kappa shape index (κ1) is 20.1. The third kappa shape index (κ3) is 4.89. The molecule has 0 saturated carbocycles. The maximum absolute atomic E-state index is 12.5. The number of hydrogen-bond acceptors (Lipinski definition) is 4. The minimum atomic E-state index is -4.74. The molecule has 10 heteroatoms. The van der Waals surface area contributed by atoms with Gasteiger partial charge in [0.15, 0.2) is 0 Å². The summed E-state index contributed by atoms with van der Waals surface area (Å²) in [5.41, 5.74) is 1.39. The van der Waals surface area contributed by atoms with Crippen LogP contribution in [-0.2, 0) is 11.8 Å². The molecule has 0 aliphatic carbocycles. The summed E-state index contributed by atoms with van der Waals surface area (Å²) in [5, 5.41) is 10.1. The van der Waals surface area contributed by atoms with Crippen molar-refractivity contribution in [2.45, 2.75) is 12.3 Å². The zero-order valence-corrected chi connectivity index (χ0v) is 14.6. The van der Waals surface area contributed by atoms with Crippen molar-refractivity contribution in [2.75, 3.05) is 18.4 Å². The summed E-state index contributed by atoms with van der Waals surface area (Å²) in [4.78, 5) is 12.5. The molecule has 1 aliphatic rings. The molecule has 26 heavy (non-hydrogen) atoms. The number of aromatic nitrogens is 2. The molecule has 1 aromatic carbocycles. The number of ether oxygens (including phenoxy) is 1. The number of rotatable bonds is 4. The van der Waals surface area contributed by atoms with E-state index < -0.39 is 6.36 Å². The molecule has 2 atom stereocenters. The Morgan fingerprint density at radius 3 is 2.58 bits per heavy atom. The zero-order chi connectivity index (χ0) is 18.0. The van der Waals surface area contributed by atoms with Crippen LogP contribution in [0.4, 0.5) is 18.9 Å². The van der Waals surface area contributed by atoms with E-state index in [1.807, 2.05) is 13.2 Å². The van der Waals surface area contributed by atoms with Crippen molar-refractivity contribution in [2.24, 2.45) is 13.0 Å². The van der Waals surface area contributed by atoms with E-state index in [0.717, 1.165) is 17.7 Å². The van der Waals surface area contributed by atoms with Gasteiger partial charge in [-0.2, -0.15) is 5.10 Å². The highest BCUT2D eigenvalue weighted by Gasteiger charge is 2.35. The Balaban J connectivity index is 0.00000243. The fourth-order valence-corrected chi connectivity index (χ4v) is 2.91. The number of alkyl halides is 3. The lowest BCUT2D eigenvalue weighted by molar-refractivity contribution is -0.274. The van der Waals surface area contributed by atoms with Gasteiger partial charge in [-0.05, 0) is 29.8 Å². The molecule has 1 aromatic heterocycles. The minimum Gasteiger partial charge on any atom is -0.406 e. The highest BCUT2D eigenvalue weighted by molar-refractivity contribution is 5.93. The van der Waals surface area contributed by atoms with Gasteiger partial charge in [0.25, 0.3) is 0 Å². The standard InChI is InChI=1S/C16H17F3N4O2.ClH/c1-23-9-10(6-21-23)13-7-20-8-14(13)15(24)22-11-2-4-12(5-3-11)25-16(17,18)19;/h2-6,9,13-14,20H,7-8H2,1H3,(H,22,24);1H/t13-,14+;/m1./s1. The monoisotopic (exact) mass is 390 g/mol. The predicted octanol–water partition coefficient (Wildman–Crippen LogP) is 2.68. The van der Waals surface area contributed by atoms with Crippen molar-refractivity contribution in [3.63, 3.8) is 0 Å². The first-order chi connectivity index (χ1) is 11.8. The van der Waals surface area contributed by atoms with Crippen molar-refractivity contribution >= 4 is 24.0 Å². The predicted molar refractivity (Wildman–Crippen MR) is 91.3 cm³/mol. The van der Waals surface area contributed by atoms with E-state index in [0.29, 0.717) is 18.8 Å².